The predicted octanol–water partition coefficient (Wildman–Crippen LogP) is 5.71. The first kappa shape index (κ1) is 14.7. The van der Waals surface area contributed by atoms with Gasteiger partial charge in [-0.05, 0) is 61.0 Å². The zero-order valence-electron chi connectivity index (χ0n) is 11.3. The van der Waals surface area contributed by atoms with Gasteiger partial charge < -0.3 is 9.73 Å². The van der Waals surface area contributed by atoms with Crippen molar-refractivity contribution in [3.05, 3.63) is 50.8 Å². The molecule has 2 nitrogen and oxygen atoms in total. The number of rotatable bonds is 3. The fraction of sp³-hybridized carbons (Fsp3) is 0.333. The van der Waals surface area contributed by atoms with Gasteiger partial charge >= 0.3 is 0 Å². The van der Waals surface area contributed by atoms with Crippen LogP contribution in [0.1, 0.15) is 32.1 Å². The number of hydrogen-bond acceptors (Lipinski definition) is 2. The molecule has 2 rings (SSSR count). The summed E-state index contributed by atoms with van der Waals surface area (Å²) in [7, 11) is 0. The zero-order chi connectivity index (χ0) is 14.0. The Bertz CT molecular complexity index is 533. The van der Waals surface area contributed by atoms with E-state index in [2.05, 4.69) is 82.2 Å². The number of anilines is 1. The molecule has 0 fully saturated rings. The van der Waals surface area contributed by atoms with Gasteiger partial charge in [-0.3, -0.25) is 0 Å². The van der Waals surface area contributed by atoms with Crippen LogP contribution in [0.15, 0.2) is 43.9 Å². The van der Waals surface area contributed by atoms with Gasteiger partial charge in [-0.1, -0.05) is 32.9 Å². The van der Waals surface area contributed by atoms with Crippen LogP contribution in [0.5, 0.6) is 0 Å². The molecule has 0 saturated carbocycles. The standard InChI is InChI=1S/C15H17Br2NO/c1-15(2,3)10-4-6-11(7-5-10)18-9-12-8-13(16)14(17)19-12/h4-8,18H,9H2,1-3H3. The van der Waals surface area contributed by atoms with Crippen molar-refractivity contribution in [1.82, 2.24) is 0 Å². The Labute approximate surface area is 130 Å². The van der Waals surface area contributed by atoms with Crippen molar-refractivity contribution in [2.75, 3.05) is 5.32 Å². The number of furan rings is 1. The first-order chi connectivity index (χ1) is 8.86. The normalized spacial score (nSPS) is 11.6. The third-order valence-electron chi connectivity index (χ3n) is 2.91. The van der Waals surface area contributed by atoms with E-state index in [1.165, 1.54) is 5.56 Å². The van der Waals surface area contributed by atoms with Crippen LogP contribution in [0, 0.1) is 0 Å². The lowest BCUT2D eigenvalue weighted by Gasteiger charge is -2.19. The van der Waals surface area contributed by atoms with E-state index in [0.29, 0.717) is 6.54 Å². The van der Waals surface area contributed by atoms with E-state index in [0.717, 1.165) is 20.6 Å². The average molecular weight is 387 g/mol. The van der Waals surface area contributed by atoms with E-state index in [1.54, 1.807) is 0 Å². The Balaban J connectivity index is 2.00. The molecular weight excluding hydrogens is 370 g/mol. The lowest BCUT2D eigenvalue weighted by molar-refractivity contribution is 0.494. The van der Waals surface area contributed by atoms with E-state index >= 15 is 0 Å². The highest BCUT2D eigenvalue weighted by Crippen LogP contribution is 2.27. The van der Waals surface area contributed by atoms with Crippen LogP contribution in [-0.2, 0) is 12.0 Å². The van der Waals surface area contributed by atoms with Gasteiger partial charge in [0.05, 0.1) is 11.0 Å². The van der Waals surface area contributed by atoms with Crippen molar-refractivity contribution >= 4 is 37.5 Å². The van der Waals surface area contributed by atoms with Crippen LogP contribution in [0.2, 0.25) is 0 Å². The molecule has 0 unspecified atom stereocenters. The molecule has 0 amide bonds. The highest BCUT2D eigenvalue weighted by atomic mass is 79.9. The van der Waals surface area contributed by atoms with Gasteiger partial charge in [-0.15, -0.1) is 0 Å². The Hall–Kier alpha value is -0.740. The fourth-order valence-corrected chi connectivity index (χ4v) is 2.41. The number of hydrogen-bond donors (Lipinski definition) is 1. The summed E-state index contributed by atoms with van der Waals surface area (Å²) in [4.78, 5) is 0. The third kappa shape index (κ3) is 3.86. The number of halogens is 2. The van der Waals surface area contributed by atoms with Crippen LogP contribution in [0.25, 0.3) is 0 Å². The molecule has 102 valence electrons. The van der Waals surface area contributed by atoms with E-state index in [9.17, 15) is 0 Å². The molecule has 0 saturated heterocycles. The summed E-state index contributed by atoms with van der Waals surface area (Å²) in [6.07, 6.45) is 0. The lowest BCUT2D eigenvalue weighted by atomic mass is 9.87. The molecule has 0 atom stereocenters. The second-order valence-corrected chi connectivity index (χ2v) is 7.09. The Kier molecular flexibility index (Phi) is 4.41. The first-order valence-electron chi connectivity index (χ1n) is 6.14. The summed E-state index contributed by atoms with van der Waals surface area (Å²) in [6, 6.07) is 10.5. The van der Waals surface area contributed by atoms with Crippen LogP contribution >= 0.6 is 31.9 Å². The molecule has 2 aromatic rings. The van der Waals surface area contributed by atoms with E-state index in [4.69, 9.17) is 4.42 Å². The molecule has 1 aromatic heterocycles. The van der Waals surface area contributed by atoms with Gasteiger partial charge in [0.1, 0.15) is 5.76 Å². The molecule has 4 heteroatoms. The number of benzene rings is 1. The summed E-state index contributed by atoms with van der Waals surface area (Å²) >= 11 is 6.74. The van der Waals surface area contributed by atoms with Crippen molar-refractivity contribution in [1.29, 1.82) is 0 Å². The highest BCUT2D eigenvalue weighted by Gasteiger charge is 2.12. The molecule has 0 aliphatic carbocycles. The Morgan fingerprint density at radius 3 is 2.21 bits per heavy atom. The van der Waals surface area contributed by atoms with Crippen LogP contribution in [0.4, 0.5) is 5.69 Å². The molecule has 1 N–H and O–H groups in total. The van der Waals surface area contributed by atoms with Crippen LogP contribution < -0.4 is 5.32 Å². The minimum atomic E-state index is 0.190. The average Bonchev–Trinajstić information content (AvgIpc) is 2.66. The quantitative estimate of drug-likeness (QED) is 0.730. The minimum absolute atomic E-state index is 0.190. The maximum atomic E-state index is 5.52. The Morgan fingerprint density at radius 1 is 1.11 bits per heavy atom. The molecular formula is C15H17Br2NO. The topological polar surface area (TPSA) is 25.2 Å². The van der Waals surface area contributed by atoms with Crippen LogP contribution in [0.3, 0.4) is 0 Å². The maximum Gasteiger partial charge on any atom is 0.183 e. The van der Waals surface area contributed by atoms with Gasteiger partial charge in [0, 0.05) is 5.69 Å². The third-order valence-corrected chi connectivity index (χ3v) is 4.62. The van der Waals surface area contributed by atoms with Gasteiger partial charge in [0.15, 0.2) is 4.67 Å². The van der Waals surface area contributed by atoms with Gasteiger partial charge in [-0.25, -0.2) is 0 Å². The summed E-state index contributed by atoms with van der Waals surface area (Å²) in [5.41, 5.74) is 2.62. The molecule has 0 radical (unpaired) electrons. The molecule has 1 aromatic carbocycles. The molecule has 0 aliphatic rings. The smallest absolute Gasteiger partial charge is 0.183 e. The minimum Gasteiger partial charge on any atom is -0.451 e. The van der Waals surface area contributed by atoms with Crippen molar-refractivity contribution in [2.24, 2.45) is 0 Å². The Morgan fingerprint density at radius 2 is 1.74 bits per heavy atom. The summed E-state index contributed by atoms with van der Waals surface area (Å²) in [5.74, 6) is 0.888. The molecule has 19 heavy (non-hydrogen) atoms. The van der Waals surface area contributed by atoms with Crippen molar-refractivity contribution < 1.29 is 4.42 Å². The van der Waals surface area contributed by atoms with Crippen molar-refractivity contribution in [2.45, 2.75) is 32.7 Å². The van der Waals surface area contributed by atoms with E-state index < -0.39 is 0 Å². The molecule has 0 aliphatic heterocycles. The van der Waals surface area contributed by atoms with E-state index in [-0.39, 0.29) is 5.41 Å². The second kappa shape index (κ2) is 5.71. The zero-order valence-corrected chi connectivity index (χ0v) is 14.4. The maximum absolute atomic E-state index is 5.52. The van der Waals surface area contributed by atoms with Gasteiger partial charge in [0.2, 0.25) is 0 Å². The number of nitrogens with one attached hydrogen (secondary N) is 1. The first-order valence-corrected chi connectivity index (χ1v) is 7.73. The summed E-state index contributed by atoms with van der Waals surface area (Å²) < 4.78 is 7.19. The summed E-state index contributed by atoms with van der Waals surface area (Å²) in [6.45, 7) is 7.31. The predicted molar refractivity (Wildman–Crippen MR) is 86.6 cm³/mol. The fourth-order valence-electron chi connectivity index (χ4n) is 1.76. The second-order valence-electron chi connectivity index (χ2n) is 5.52. The largest absolute Gasteiger partial charge is 0.451 e. The van der Waals surface area contributed by atoms with E-state index in [1.807, 2.05) is 6.07 Å². The molecule has 0 spiro atoms. The summed E-state index contributed by atoms with van der Waals surface area (Å²) in [5, 5.41) is 3.34. The van der Waals surface area contributed by atoms with Gasteiger partial charge in [-0.2, -0.15) is 0 Å². The van der Waals surface area contributed by atoms with Crippen LogP contribution in [-0.4, -0.2) is 0 Å². The highest BCUT2D eigenvalue weighted by molar-refractivity contribution is 9.13. The SMILES string of the molecule is CC(C)(C)c1ccc(NCc2cc(Br)c(Br)o2)cc1. The van der Waals surface area contributed by atoms with Gasteiger partial charge in [0.25, 0.3) is 0 Å². The molecule has 1 heterocycles. The lowest BCUT2D eigenvalue weighted by Crippen LogP contribution is -2.10. The van der Waals surface area contributed by atoms with Crippen molar-refractivity contribution in [3.8, 4) is 0 Å². The monoisotopic (exact) mass is 385 g/mol. The van der Waals surface area contributed by atoms with Crippen molar-refractivity contribution in [3.63, 3.8) is 0 Å². The molecule has 0 bridgehead atoms.